The van der Waals surface area contributed by atoms with Crippen molar-refractivity contribution < 1.29 is 9.84 Å². The second-order valence-corrected chi connectivity index (χ2v) is 6.54. The zero-order valence-corrected chi connectivity index (χ0v) is 15.5. The average molecular weight is 353 g/mol. The van der Waals surface area contributed by atoms with Crippen molar-refractivity contribution >= 4 is 10.8 Å². The van der Waals surface area contributed by atoms with Gasteiger partial charge in [0.1, 0.15) is 11.6 Å². The van der Waals surface area contributed by atoms with E-state index < -0.39 is 0 Å². The number of nitrogens with zero attached hydrogens (tertiary/aromatic N) is 2. The number of aliphatic hydroxyl groups is 1. The minimum Gasteiger partial charge on any atom is -0.493 e. The van der Waals surface area contributed by atoms with Crippen LogP contribution in [0.2, 0.25) is 0 Å². The summed E-state index contributed by atoms with van der Waals surface area (Å²) in [5.41, 5.74) is 2.22. The zero-order valence-electron chi connectivity index (χ0n) is 15.5. The Hall–Kier alpha value is -2.37. The highest BCUT2D eigenvalue weighted by Gasteiger charge is 2.15. The molecule has 2 aromatic carbocycles. The summed E-state index contributed by atoms with van der Waals surface area (Å²) < 4.78 is 6.02. The van der Waals surface area contributed by atoms with E-state index in [9.17, 15) is 5.11 Å². The fourth-order valence-corrected chi connectivity index (χ4v) is 3.20. The number of hydrogen-bond acceptors (Lipinski definition) is 4. The Kier molecular flexibility index (Phi) is 6.26. The van der Waals surface area contributed by atoms with Crippen LogP contribution < -0.4 is 4.74 Å². The topological polar surface area (TPSA) is 61.4 Å². The second kappa shape index (κ2) is 8.83. The molecule has 5 heteroatoms. The lowest BCUT2D eigenvalue weighted by Gasteiger charge is -2.23. The highest BCUT2D eigenvalue weighted by molar-refractivity contribution is 5.87. The van der Waals surface area contributed by atoms with Gasteiger partial charge < -0.3 is 14.8 Å². The van der Waals surface area contributed by atoms with Crippen molar-refractivity contribution in [1.82, 2.24) is 14.9 Å². The summed E-state index contributed by atoms with van der Waals surface area (Å²) in [6.45, 7) is 6.88. The first-order chi connectivity index (χ1) is 12.7. The van der Waals surface area contributed by atoms with Crippen LogP contribution in [0.5, 0.6) is 5.75 Å². The average Bonchev–Trinajstić information content (AvgIpc) is 3.06. The number of ether oxygens (including phenoxy) is 1. The second-order valence-electron chi connectivity index (χ2n) is 6.54. The van der Waals surface area contributed by atoms with E-state index in [0.29, 0.717) is 26.2 Å². The molecule has 0 aliphatic heterocycles. The maximum atomic E-state index is 9.52. The third kappa shape index (κ3) is 4.42. The van der Waals surface area contributed by atoms with Gasteiger partial charge in [-0.3, -0.25) is 4.90 Å². The van der Waals surface area contributed by atoms with E-state index >= 15 is 0 Å². The number of nitrogens with one attached hydrogen (secondary N) is 1. The lowest BCUT2D eigenvalue weighted by molar-refractivity contribution is 0.181. The lowest BCUT2D eigenvalue weighted by atomic mass is 10.0. The molecule has 3 rings (SSSR count). The molecule has 0 spiro atoms. The van der Waals surface area contributed by atoms with Gasteiger partial charge in [0.2, 0.25) is 0 Å². The predicted octanol–water partition coefficient (Wildman–Crippen LogP) is 3.65. The Balaban J connectivity index is 1.92. The van der Waals surface area contributed by atoms with Crippen LogP contribution in [-0.2, 0) is 13.1 Å². The highest BCUT2D eigenvalue weighted by Crippen LogP contribution is 2.30. The predicted molar refractivity (Wildman–Crippen MR) is 104 cm³/mol. The molecule has 5 nitrogen and oxygen atoms in total. The molecule has 0 saturated carbocycles. The molecule has 0 aliphatic carbocycles. The Labute approximate surface area is 154 Å². The number of fused-ring (bicyclic) bond motifs is 1. The summed E-state index contributed by atoms with van der Waals surface area (Å²) in [4.78, 5) is 9.76. The third-order valence-electron chi connectivity index (χ3n) is 4.41. The summed E-state index contributed by atoms with van der Waals surface area (Å²) in [5, 5.41) is 11.9. The van der Waals surface area contributed by atoms with Crippen molar-refractivity contribution in [3.05, 3.63) is 59.7 Å². The van der Waals surface area contributed by atoms with Gasteiger partial charge in [0.25, 0.3) is 0 Å². The standard InChI is InChI=1S/C21H27N3O2/c1-3-12-26-21-9-8-17-6-4-5-7-19(17)20(21)15-24(10-11-25)14-18-13-22-16(2)23-18/h4-9,13,25H,3,10-12,14-15H2,1-2H3,(H,22,23). The van der Waals surface area contributed by atoms with Gasteiger partial charge >= 0.3 is 0 Å². The quantitative estimate of drug-likeness (QED) is 0.616. The maximum absolute atomic E-state index is 9.52. The fourth-order valence-electron chi connectivity index (χ4n) is 3.20. The third-order valence-corrected chi connectivity index (χ3v) is 4.41. The molecule has 0 saturated heterocycles. The molecule has 1 aromatic heterocycles. The molecule has 26 heavy (non-hydrogen) atoms. The number of rotatable bonds is 9. The van der Waals surface area contributed by atoms with Crippen molar-refractivity contribution in [2.75, 3.05) is 19.8 Å². The van der Waals surface area contributed by atoms with Crippen LogP contribution >= 0.6 is 0 Å². The largest absolute Gasteiger partial charge is 0.493 e. The Morgan fingerprint density at radius 3 is 2.73 bits per heavy atom. The van der Waals surface area contributed by atoms with E-state index in [1.165, 1.54) is 16.3 Å². The minimum absolute atomic E-state index is 0.114. The number of imidazole rings is 1. The summed E-state index contributed by atoms with van der Waals surface area (Å²) in [6, 6.07) is 12.5. The summed E-state index contributed by atoms with van der Waals surface area (Å²) in [6.07, 6.45) is 2.83. The Bertz CT molecular complexity index is 844. The van der Waals surface area contributed by atoms with E-state index in [-0.39, 0.29) is 6.61 Å². The van der Waals surface area contributed by atoms with Crippen LogP contribution in [0.1, 0.15) is 30.4 Å². The van der Waals surface area contributed by atoms with Crippen molar-refractivity contribution in [3.8, 4) is 5.75 Å². The Morgan fingerprint density at radius 1 is 1.15 bits per heavy atom. The van der Waals surface area contributed by atoms with Gasteiger partial charge in [0.05, 0.1) is 13.2 Å². The molecule has 0 aliphatic rings. The molecular weight excluding hydrogens is 326 g/mol. The van der Waals surface area contributed by atoms with Crippen LogP contribution in [0.15, 0.2) is 42.6 Å². The van der Waals surface area contributed by atoms with E-state index in [1.807, 2.05) is 13.1 Å². The number of aromatic amines is 1. The van der Waals surface area contributed by atoms with Gasteiger partial charge in [-0.05, 0) is 30.2 Å². The van der Waals surface area contributed by atoms with Crippen molar-refractivity contribution in [2.24, 2.45) is 0 Å². The van der Waals surface area contributed by atoms with Crippen LogP contribution in [0.25, 0.3) is 10.8 Å². The van der Waals surface area contributed by atoms with E-state index in [2.05, 4.69) is 58.2 Å². The first-order valence-electron chi connectivity index (χ1n) is 9.18. The molecule has 0 radical (unpaired) electrons. The number of H-pyrrole nitrogens is 1. The number of hydrogen-bond donors (Lipinski definition) is 2. The van der Waals surface area contributed by atoms with Gasteiger partial charge in [-0.1, -0.05) is 37.3 Å². The molecule has 3 aromatic rings. The van der Waals surface area contributed by atoms with Crippen LogP contribution in [0.3, 0.4) is 0 Å². The normalized spacial score (nSPS) is 11.4. The maximum Gasteiger partial charge on any atom is 0.124 e. The van der Waals surface area contributed by atoms with Gasteiger partial charge in [-0.25, -0.2) is 4.98 Å². The summed E-state index contributed by atoms with van der Waals surface area (Å²) in [7, 11) is 0. The van der Waals surface area contributed by atoms with Crippen molar-refractivity contribution in [1.29, 1.82) is 0 Å². The summed E-state index contributed by atoms with van der Waals surface area (Å²) >= 11 is 0. The molecule has 0 amide bonds. The van der Waals surface area contributed by atoms with Crippen LogP contribution in [-0.4, -0.2) is 39.7 Å². The molecule has 0 unspecified atom stereocenters. The molecule has 2 N–H and O–H groups in total. The monoisotopic (exact) mass is 353 g/mol. The SMILES string of the molecule is CCCOc1ccc2ccccc2c1CN(CCO)Cc1cnc(C)[nH]1. The lowest BCUT2D eigenvalue weighted by Crippen LogP contribution is -2.26. The Morgan fingerprint density at radius 2 is 2.00 bits per heavy atom. The van der Waals surface area contributed by atoms with E-state index in [4.69, 9.17) is 4.74 Å². The van der Waals surface area contributed by atoms with Gasteiger partial charge in [0, 0.05) is 37.1 Å². The molecule has 1 heterocycles. The molecule has 0 fully saturated rings. The van der Waals surface area contributed by atoms with E-state index in [1.54, 1.807) is 0 Å². The molecular formula is C21H27N3O2. The van der Waals surface area contributed by atoms with Gasteiger partial charge in [-0.2, -0.15) is 0 Å². The van der Waals surface area contributed by atoms with Gasteiger partial charge in [-0.15, -0.1) is 0 Å². The van der Waals surface area contributed by atoms with Crippen LogP contribution in [0, 0.1) is 6.92 Å². The zero-order chi connectivity index (χ0) is 18.4. The van der Waals surface area contributed by atoms with Crippen molar-refractivity contribution in [3.63, 3.8) is 0 Å². The first kappa shape index (κ1) is 18.4. The van der Waals surface area contributed by atoms with E-state index in [0.717, 1.165) is 23.7 Å². The number of benzene rings is 2. The first-order valence-corrected chi connectivity index (χ1v) is 9.18. The number of aliphatic hydroxyl groups excluding tert-OH is 1. The fraction of sp³-hybridized carbons (Fsp3) is 0.381. The molecule has 138 valence electrons. The smallest absolute Gasteiger partial charge is 0.124 e. The molecule has 0 atom stereocenters. The minimum atomic E-state index is 0.114. The highest BCUT2D eigenvalue weighted by atomic mass is 16.5. The van der Waals surface area contributed by atoms with Crippen LogP contribution in [0.4, 0.5) is 0 Å². The molecule has 0 bridgehead atoms. The summed E-state index contributed by atoms with van der Waals surface area (Å²) in [5.74, 6) is 1.83. The number of aryl methyl sites for hydroxylation is 1. The number of aromatic nitrogens is 2. The van der Waals surface area contributed by atoms with Gasteiger partial charge in [0.15, 0.2) is 0 Å². The van der Waals surface area contributed by atoms with Crippen molar-refractivity contribution in [2.45, 2.75) is 33.4 Å².